The molecule has 1 rings (SSSR count). The fraction of sp³-hybridized carbons (Fsp3) is 0.273. The van der Waals surface area contributed by atoms with Crippen LogP contribution in [0.5, 0.6) is 0 Å². The van der Waals surface area contributed by atoms with Crippen LogP contribution in [-0.4, -0.2) is 31.0 Å². The molecule has 1 aromatic carbocycles. The number of esters is 1. The van der Waals surface area contributed by atoms with Crippen LogP contribution in [0.4, 0.5) is 0 Å². The average molecular weight is 223 g/mol. The van der Waals surface area contributed by atoms with Crippen LogP contribution in [0.2, 0.25) is 0 Å². The number of hydrogen-bond donors (Lipinski definition) is 1. The number of rotatable bonds is 4. The van der Waals surface area contributed by atoms with Crippen molar-refractivity contribution in [3.63, 3.8) is 0 Å². The number of nitrogens with zero attached hydrogens (tertiary/aromatic N) is 1. The van der Waals surface area contributed by atoms with Gasteiger partial charge in [-0.15, -0.1) is 0 Å². The van der Waals surface area contributed by atoms with Gasteiger partial charge in [-0.1, -0.05) is 29.4 Å². The van der Waals surface area contributed by atoms with Crippen LogP contribution in [0, 0.1) is 0 Å². The van der Waals surface area contributed by atoms with Crippen LogP contribution in [0.15, 0.2) is 29.4 Å². The van der Waals surface area contributed by atoms with Gasteiger partial charge in [0.1, 0.15) is 7.11 Å². The first kappa shape index (κ1) is 12.2. The summed E-state index contributed by atoms with van der Waals surface area (Å²) in [6, 6.07) is 6.86. The van der Waals surface area contributed by atoms with Crippen molar-refractivity contribution in [3.8, 4) is 0 Å². The summed E-state index contributed by atoms with van der Waals surface area (Å²) in [7, 11) is 2.60. The molecule has 0 amide bonds. The van der Waals surface area contributed by atoms with Crippen molar-refractivity contribution in [1.29, 1.82) is 0 Å². The molecule has 16 heavy (non-hydrogen) atoms. The smallest absolute Gasteiger partial charge is 0.360 e. The predicted molar refractivity (Wildman–Crippen MR) is 57.9 cm³/mol. The van der Waals surface area contributed by atoms with Gasteiger partial charge in [-0.3, -0.25) is 0 Å². The molecule has 0 radical (unpaired) electrons. The molecule has 5 heteroatoms. The first-order chi connectivity index (χ1) is 7.74. The van der Waals surface area contributed by atoms with Crippen molar-refractivity contribution in [2.75, 3.05) is 14.2 Å². The Morgan fingerprint density at radius 2 is 2.06 bits per heavy atom. The van der Waals surface area contributed by atoms with Gasteiger partial charge in [-0.2, -0.15) is 0 Å². The van der Waals surface area contributed by atoms with Gasteiger partial charge in [0.15, 0.2) is 5.71 Å². The maximum Gasteiger partial charge on any atom is 0.360 e. The molecule has 1 aromatic rings. The van der Waals surface area contributed by atoms with Crippen LogP contribution < -0.4 is 0 Å². The van der Waals surface area contributed by atoms with Crippen LogP contribution in [0.25, 0.3) is 0 Å². The number of oxime groups is 1. The Kier molecular flexibility index (Phi) is 4.47. The first-order valence-corrected chi connectivity index (χ1v) is 4.63. The number of carbonyl (C=O) groups is 1. The monoisotopic (exact) mass is 223 g/mol. The maximum absolute atomic E-state index is 11.5. The van der Waals surface area contributed by atoms with E-state index in [0.717, 1.165) is 0 Å². The summed E-state index contributed by atoms with van der Waals surface area (Å²) in [5.41, 5.74) is 1.12. The van der Waals surface area contributed by atoms with Crippen LogP contribution in [-0.2, 0) is 21.0 Å². The lowest BCUT2D eigenvalue weighted by molar-refractivity contribution is -0.132. The highest BCUT2D eigenvalue weighted by Crippen LogP contribution is 2.11. The predicted octanol–water partition coefficient (Wildman–Crippen LogP) is 0.702. The molecule has 1 N–H and O–H groups in total. The highest BCUT2D eigenvalue weighted by atomic mass is 16.6. The van der Waals surface area contributed by atoms with Crippen molar-refractivity contribution in [2.24, 2.45) is 5.16 Å². The summed E-state index contributed by atoms with van der Waals surface area (Å²) in [6.07, 6.45) is 0. The molecule has 0 aliphatic rings. The first-order valence-electron chi connectivity index (χ1n) is 4.63. The molecule has 0 fully saturated rings. The van der Waals surface area contributed by atoms with E-state index in [1.165, 1.54) is 14.2 Å². The highest BCUT2D eigenvalue weighted by molar-refractivity contribution is 6.43. The third-order valence-electron chi connectivity index (χ3n) is 2.00. The number of aliphatic hydroxyl groups excluding tert-OH is 1. The molecule has 0 saturated carbocycles. The quantitative estimate of drug-likeness (QED) is 0.463. The van der Waals surface area contributed by atoms with E-state index in [-0.39, 0.29) is 12.3 Å². The van der Waals surface area contributed by atoms with Crippen LogP contribution >= 0.6 is 0 Å². The van der Waals surface area contributed by atoms with Crippen LogP contribution in [0.1, 0.15) is 11.1 Å². The Morgan fingerprint density at radius 3 is 2.62 bits per heavy atom. The summed E-state index contributed by atoms with van der Waals surface area (Å²) in [5, 5.41) is 12.7. The zero-order valence-electron chi connectivity index (χ0n) is 9.14. The zero-order chi connectivity index (χ0) is 12.0. The van der Waals surface area contributed by atoms with E-state index in [0.29, 0.717) is 11.1 Å². The Balaban J connectivity index is 3.21. The van der Waals surface area contributed by atoms with E-state index in [1.54, 1.807) is 24.3 Å². The molecule has 0 aliphatic heterocycles. The van der Waals surface area contributed by atoms with E-state index in [4.69, 9.17) is 5.11 Å². The summed E-state index contributed by atoms with van der Waals surface area (Å²) in [5.74, 6) is -0.609. The van der Waals surface area contributed by atoms with Crippen LogP contribution in [0.3, 0.4) is 0 Å². The third-order valence-corrected chi connectivity index (χ3v) is 2.00. The normalized spacial score (nSPS) is 11.1. The van der Waals surface area contributed by atoms with E-state index in [2.05, 4.69) is 14.7 Å². The number of hydrogen-bond acceptors (Lipinski definition) is 5. The fourth-order valence-corrected chi connectivity index (χ4v) is 1.27. The lowest BCUT2D eigenvalue weighted by Gasteiger charge is -2.07. The number of ether oxygens (including phenoxy) is 1. The molecule has 0 bridgehead atoms. The van der Waals surface area contributed by atoms with E-state index in [9.17, 15) is 4.79 Å². The lowest BCUT2D eigenvalue weighted by atomic mass is 10.0. The molecule has 0 saturated heterocycles. The Labute approximate surface area is 93.3 Å². The summed E-state index contributed by atoms with van der Waals surface area (Å²) in [6.45, 7) is -0.185. The molecule has 0 atom stereocenters. The lowest BCUT2D eigenvalue weighted by Crippen LogP contribution is -2.19. The average Bonchev–Trinajstić information content (AvgIpc) is 2.35. The van der Waals surface area contributed by atoms with Crippen molar-refractivity contribution in [3.05, 3.63) is 35.4 Å². The Morgan fingerprint density at radius 1 is 1.38 bits per heavy atom. The second kappa shape index (κ2) is 5.87. The minimum absolute atomic E-state index is 0.0367. The van der Waals surface area contributed by atoms with Crippen molar-refractivity contribution >= 4 is 11.7 Å². The van der Waals surface area contributed by atoms with Gasteiger partial charge in [0.2, 0.25) is 0 Å². The minimum atomic E-state index is -0.609. The SMILES string of the molecule is CON=C(C(=O)OC)c1ccccc1CO. The van der Waals surface area contributed by atoms with Crippen molar-refractivity contribution in [1.82, 2.24) is 0 Å². The summed E-state index contributed by atoms with van der Waals surface area (Å²) >= 11 is 0. The Bertz CT molecular complexity index is 401. The van der Waals surface area contributed by atoms with Gasteiger partial charge in [0.25, 0.3) is 0 Å². The topological polar surface area (TPSA) is 68.1 Å². The number of methoxy groups -OCH3 is 1. The standard InChI is InChI=1S/C11H13NO4/c1-15-11(14)10(12-16-2)9-6-4-3-5-8(9)7-13/h3-6,13H,7H2,1-2H3. The molecular formula is C11H13NO4. The molecule has 0 unspecified atom stereocenters. The van der Waals surface area contributed by atoms with Gasteiger partial charge in [0.05, 0.1) is 13.7 Å². The van der Waals surface area contributed by atoms with Gasteiger partial charge >= 0.3 is 5.97 Å². The van der Waals surface area contributed by atoms with Crippen molar-refractivity contribution < 1.29 is 19.5 Å². The maximum atomic E-state index is 11.5. The number of benzene rings is 1. The van der Waals surface area contributed by atoms with Crippen molar-refractivity contribution in [2.45, 2.75) is 6.61 Å². The molecule has 0 heterocycles. The zero-order valence-corrected chi connectivity index (χ0v) is 9.14. The van der Waals surface area contributed by atoms with Gasteiger partial charge in [0, 0.05) is 5.56 Å². The second-order valence-corrected chi connectivity index (χ2v) is 2.93. The fourth-order valence-electron chi connectivity index (χ4n) is 1.27. The molecular weight excluding hydrogens is 210 g/mol. The van der Waals surface area contributed by atoms with E-state index < -0.39 is 5.97 Å². The van der Waals surface area contributed by atoms with Gasteiger partial charge in [-0.25, -0.2) is 4.79 Å². The van der Waals surface area contributed by atoms with Gasteiger partial charge < -0.3 is 14.7 Å². The largest absolute Gasteiger partial charge is 0.464 e. The number of aliphatic hydroxyl groups is 1. The highest BCUT2D eigenvalue weighted by Gasteiger charge is 2.18. The minimum Gasteiger partial charge on any atom is -0.464 e. The molecule has 86 valence electrons. The second-order valence-electron chi connectivity index (χ2n) is 2.93. The molecule has 5 nitrogen and oxygen atoms in total. The summed E-state index contributed by atoms with van der Waals surface area (Å²) in [4.78, 5) is 16.0. The van der Waals surface area contributed by atoms with E-state index >= 15 is 0 Å². The van der Waals surface area contributed by atoms with E-state index in [1.807, 2.05) is 0 Å². The van der Waals surface area contributed by atoms with Gasteiger partial charge in [-0.05, 0) is 5.56 Å². The third kappa shape index (κ3) is 2.58. The molecule has 0 aromatic heterocycles. The summed E-state index contributed by atoms with van der Waals surface area (Å²) < 4.78 is 4.59. The number of carbonyl (C=O) groups excluding carboxylic acids is 1. The Hall–Kier alpha value is -1.88. The molecule has 0 aliphatic carbocycles. The molecule has 0 spiro atoms.